The van der Waals surface area contributed by atoms with E-state index in [0.717, 1.165) is 5.33 Å². The quantitative estimate of drug-likeness (QED) is 0.567. The summed E-state index contributed by atoms with van der Waals surface area (Å²) in [6.45, 7) is 1.86. The lowest BCUT2D eigenvalue weighted by atomic mass is 10.3. The molecule has 0 aromatic rings. The number of alkyl halides is 1. The Balaban J connectivity index is 3.45. The predicted molar refractivity (Wildman–Crippen MR) is 50.5 cm³/mol. The summed E-state index contributed by atoms with van der Waals surface area (Å²) in [5, 5.41) is 3.40. The number of rotatable bonds is 4. The second kappa shape index (κ2) is 7.54. The van der Waals surface area contributed by atoms with Crippen LogP contribution in [0.2, 0.25) is 0 Å². The monoisotopic (exact) mass is 217 g/mol. The Labute approximate surface area is 75.5 Å². The number of hydrogen-bond donors (Lipinski definition) is 1. The van der Waals surface area contributed by atoms with Gasteiger partial charge in [0.05, 0.1) is 0 Å². The molecule has 0 aliphatic heterocycles. The van der Waals surface area contributed by atoms with E-state index >= 15 is 0 Å². The van der Waals surface area contributed by atoms with Crippen molar-refractivity contribution in [1.29, 1.82) is 0 Å². The topological polar surface area (TPSA) is 29.1 Å². The molecule has 3 heteroatoms. The molecule has 0 aliphatic carbocycles. The lowest BCUT2D eigenvalue weighted by molar-refractivity contribution is -0.119. The Hall–Kier alpha value is -0.570. The van der Waals surface area contributed by atoms with Crippen molar-refractivity contribution in [2.75, 3.05) is 5.33 Å². The third kappa shape index (κ3) is 7.33. The zero-order valence-electron chi connectivity index (χ0n) is 6.51. The minimum atomic E-state index is 0.0142. The molecule has 11 heavy (non-hydrogen) atoms. The van der Waals surface area contributed by atoms with Crippen molar-refractivity contribution in [3.05, 3.63) is 24.4 Å². The van der Waals surface area contributed by atoms with E-state index < -0.39 is 0 Å². The fraction of sp³-hybridized carbons (Fsp3) is 0.375. The van der Waals surface area contributed by atoms with Gasteiger partial charge in [0.15, 0.2) is 0 Å². The lowest BCUT2D eigenvalue weighted by Crippen LogP contribution is -2.15. The average Bonchev–Trinajstić information content (AvgIpc) is 2.01. The second-order valence-corrected chi connectivity index (χ2v) is 2.54. The zero-order chi connectivity index (χ0) is 8.53. The van der Waals surface area contributed by atoms with E-state index in [0.29, 0.717) is 6.42 Å². The molecular weight excluding hydrogens is 206 g/mol. The second-order valence-electron chi connectivity index (χ2n) is 1.90. The third-order valence-corrected chi connectivity index (χ3v) is 1.34. The van der Waals surface area contributed by atoms with Gasteiger partial charge in [-0.2, -0.15) is 0 Å². The number of nitrogens with one attached hydrogen (secondary N) is 1. The van der Waals surface area contributed by atoms with Crippen LogP contribution < -0.4 is 5.32 Å². The van der Waals surface area contributed by atoms with E-state index in [4.69, 9.17) is 0 Å². The van der Waals surface area contributed by atoms with E-state index in [1.807, 2.05) is 19.1 Å². The highest BCUT2D eigenvalue weighted by molar-refractivity contribution is 9.09. The first-order chi connectivity index (χ1) is 5.31. The summed E-state index contributed by atoms with van der Waals surface area (Å²) in [5.41, 5.74) is 0. The van der Waals surface area contributed by atoms with Crippen LogP contribution in [0.3, 0.4) is 0 Å². The van der Waals surface area contributed by atoms with E-state index in [1.54, 1.807) is 12.3 Å². The van der Waals surface area contributed by atoms with Gasteiger partial charge in [-0.3, -0.25) is 4.79 Å². The molecule has 0 aromatic carbocycles. The Bertz CT molecular complexity index is 163. The number of carbonyl (C=O) groups is 1. The molecule has 1 N–H and O–H groups in total. The largest absolute Gasteiger partial charge is 0.333 e. The molecule has 1 amide bonds. The van der Waals surface area contributed by atoms with Crippen molar-refractivity contribution in [3.63, 3.8) is 0 Å². The molecule has 0 aromatic heterocycles. The molecule has 0 saturated heterocycles. The van der Waals surface area contributed by atoms with Crippen LogP contribution in [0.15, 0.2) is 24.4 Å². The summed E-state index contributed by atoms with van der Waals surface area (Å²) in [4.78, 5) is 10.8. The first-order valence-corrected chi connectivity index (χ1v) is 4.55. The summed E-state index contributed by atoms with van der Waals surface area (Å²) in [7, 11) is 0. The van der Waals surface area contributed by atoms with Crippen molar-refractivity contribution >= 4 is 21.8 Å². The van der Waals surface area contributed by atoms with Crippen molar-refractivity contribution < 1.29 is 4.79 Å². The Morgan fingerprint density at radius 1 is 1.55 bits per heavy atom. The minimum Gasteiger partial charge on any atom is -0.333 e. The summed E-state index contributed by atoms with van der Waals surface area (Å²) in [5.74, 6) is 0.0142. The molecular formula is C8H12BrNO. The summed E-state index contributed by atoms with van der Waals surface area (Å²) in [6.07, 6.45) is 7.58. The van der Waals surface area contributed by atoms with Gasteiger partial charge in [0.2, 0.25) is 5.91 Å². The summed E-state index contributed by atoms with van der Waals surface area (Å²) < 4.78 is 0. The van der Waals surface area contributed by atoms with E-state index in [1.165, 1.54) is 0 Å². The van der Waals surface area contributed by atoms with E-state index in [-0.39, 0.29) is 5.91 Å². The Morgan fingerprint density at radius 3 is 2.82 bits per heavy atom. The van der Waals surface area contributed by atoms with Gasteiger partial charge in [-0.15, -0.1) is 0 Å². The maximum absolute atomic E-state index is 10.8. The maximum Gasteiger partial charge on any atom is 0.227 e. The van der Waals surface area contributed by atoms with Crippen molar-refractivity contribution in [3.8, 4) is 0 Å². The van der Waals surface area contributed by atoms with Crippen LogP contribution >= 0.6 is 15.9 Å². The van der Waals surface area contributed by atoms with E-state index in [2.05, 4.69) is 21.2 Å². The lowest BCUT2D eigenvalue weighted by Gasteiger charge is -1.92. The molecule has 0 unspecified atom stereocenters. The third-order valence-electron chi connectivity index (χ3n) is 0.970. The molecule has 0 fully saturated rings. The molecule has 0 bridgehead atoms. The molecule has 62 valence electrons. The fourth-order valence-corrected chi connectivity index (χ4v) is 0.753. The van der Waals surface area contributed by atoms with Gasteiger partial charge >= 0.3 is 0 Å². The number of halogens is 1. The average molecular weight is 218 g/mol. The first-order valence-electron chi connectivity index (χ1n) is 3.42. The van der Waals surface area contributed by atoms with Gasteiger partial charge in [0, 0.05) is 11.8 Å². The molecule has 0 saturated carbocycles. The van der Waals surface area contributed by atoms with Gasteiger partial charge in [0.1, 0.15) is 0 Å². The van der Waals surface area contributed by atoms with Crippen molar-refractivity contribution in [2.24, 2.45) is 0 Å². The fourth-order valence-electron chi connectivity index (χ4n) is 0.489. The van der Waals surface area contributed by atoms with Crippen LogP contribution in [0.5, 0.6) is 0 Å². The molecule has 0 rings (SSSR count). The van der Waals surface area contributed by atoms with Gasteiger partial charge in [0.25, 0.3) is 0 Å². The Morgan fingerprint density at radius 2 is 2.27 bits per heavy atom. The molecule has 0 heterocycles. The SMILES string of the molecule is C/C=C/NC(=O)C/C=C/CBr. The summed E-state index contributed by atoms with van der Waals surface area (Å²) in [6, 6.07) is 0. The number of carbonyl (C=O) groups excluding carboxylic acids is 1. The predicted octanol–water partition coefficient (Wildman–Crippen LogP) is 1.98. The smallest absolute Gasteiger partial charge is 0.227 e. The molecule has 0 radical (unpaired) electrons. The summed E-state index contributed by atoms with van der Waals surface area (Å²) >= 11 is 3.22. The number of allylic oxidation sites excluding steroid dienone is 2. The maximum atomic E-state index is 10.8. The van der Waals surface area contributed by atoms with Gasteiger partial charge < -0.3 is 5.32 Å². The van der Waals surface area contributed by atoms with Crippen LogP contribution in [-0.4, -0.2) is 11.2 Å². The number of amides is 1. The highest BCUT2D eigenvalue weighted by atomic mass is 79.9. The normalized spacial score (nSPS) is 11.1. The van der Waals surface area contributed by atoms with Gasteiger partial charge in [-0.1, -0.05) is 34.2 Å². The molecule has 2 nitrogen and oxygen atoms in total. The van der Waals surface area contributed by atoms with E-state index in [9.17, 15) is 4.79 Å². The Kier molecular flexibility index (Phi) is 7.15. The highest BCUT2D eigenvalue weighted by Gasteiger charge is 1.91. The van der Waals surface area contributed by atoms with Gasteiger partial charge in [-0.25, -0.2) is 0 Å². The molecule has 0 atom stereocenters. The minimum absolute atomic E-state index is 0.0142. The first kappa shape index (κ1) is 10.4. The number of hydrogen-bond acceptors (Lipinski definition) is 1. The van der Waals surface area contributed by atoms with Gasteiger partial charge in [-0.05, 0) is 13.1 Å². The zero-order valence-corrected chi connectivity index (χ0v) is 8.10. The van der Waals surface area contributed by atoms with Crippen molar-refractivity contribution in [1.82, 2.24) is 5.32 Å². The van der Waals surface area contributed by atoms with Crippen LogP contribution in [0.4, 0.5) is 0 Å². The molecule has 0 spiro atoms. The van der Waals surface area contributed by atoms with Crippen molar-refractivity contribution in [2.45, 2.75) is 13.3 Å². The molecule has 0 aliphatic rings. The highest BCUT2D eigenvalue weighted by Crippen LogP contribution is 1.86. The van der Waals surface area contributed by atoms with Crippen LogP contribution in [0.1, 0.15) is 13.3 Å². The van der Waals surface area contributed by atoms with Crippen LogP contribution in [-0.2, 0) is 4.79 Å². The van der Waals surface area contributed by atoms with Crippen LogP contribution in [0, 0.1) is 0 Å². The van der Waals surface area contributed by atoms with Crippen LogP contribution in [0.25, 0.3) is 0 Å². The standard InChI is InChI=1S/C8H12BrNO/c1-2-7-10-8(11)5-3-4-6-9/h2-4,7H,5-6H2,1H3,(H,10,11)/b4-3+,7-2+.